The topological polar surface area (TPSA) is 72.8 Å². The van der Waals surface area contributed by atoms with Gasteiger partial charge >= 0.3 is 12.1 Å². The maximum absolute atomic E-state index is 12.9. The lowest BCUT2D eigenvalue weighted by atomic mass is 10.0. The van der Waals surface area contributed by atoms with Crippen LogP contribution in [0.5, 0.6) is 11.5 Å². The number of aliphatic carboxylic acids is 1. The molecule has 0 aliphatic carbocycles. The molecule has 0 saturated carbocycles. The quantitative estimate of drug-likeness (QED) is 0.667. The first-order valence-corrected chi connectivity index (χ1v) is 5.60. The molecule has 1 aliphatic heterocycles. The molecule has 0 radical (unpaired) electrons. The van der Waals surface area contributed by atoms with Crippen molar-refractivity contribution < 1.29 is 37.3 Å². The molecule has 1 aromatic carbocycles. The van der Waals surface area contributed by atoms with Gasteiger partial charge < -0.3 is 14.6 Å². The van der Waals surface area contributed by atoms with Crippen molar-refractivity contribution in [3.05, 3.63) is 23.3 Å². The van der Waals surface area contributed by atoms with E-state index in [2.05, 4.69) is 0 Å². The van der Waals surface area contributed by atoms with Crippen molar-refractivity contribution in [1.82, 2.24) is 0 Å². The summed E-state index contributed by atoms with van der Waals surface area (Å²) in [5.41, 5.74) is -1.56. The molecule has 0 unspecified atom stereocenters. The summed E-state index contributed by atoms with van der Waals surface area (Å²) >= 11 is 0. The molecule has 0 fully saturated rings. The van der Waals surface area contributed by atoms with Gasteiger partial charge in [0, 0.05) is 6.42 Å². The number of carboxylic acids is 1. The first-order chi connectivity index (χ1) is 9.32. The first kappa shape index (κ1) is 14.2. The second kappa shape index (κ2) is 5.03. The molecular formula is C12H9F3O5. The average Bonchev–Trinajstić information content (AvgIpc) is 2.60. The summed E-state index contributed by atoms with van der Waals surface area (Å²) in [5.74, 6) is -4.23. The van der Waals surface area contributed by atoms with Crippen molar-refractivity contribution in [2.45, 2.75) is 12.6 Å². The van der Waals surface area contributed by atoms with Gasteiger partial charge in [-0.1, -0.05) is 0 Å². The summed E-state index contributed by atoms with van der Waals surface area (Å²) in [6.07, 6.45) is -4.37. The fourth-order valence-corrected chi connectivity index (χ4v) is 1.77. The third-order valence-corrected chi connectivity index (χ3v) is 2.64. The predicted octanol–water partition coefficient (Wildman–Crippen LogP) is 2.13. The summed E-state index contributed by atoms with van der Waals surface area (Å²) in [4.78, 5) is 22.2. The normalized spacial score (nSPS) is 14.6. The Morgan fingerprint density at radius 1 is 1.10 bits per heavy atom. The van der Waals surface area contributed by atoms with Gasteiger partial charge in [-0.15, -0.1) is 0 Å². The molecule has 20 heavy (non-hydrogen) atoms. The van der Waals surface area contributed by atoms with E-state index in [4.69, 9.17) is 14.6 Å². The Kier molecular flexibility index (Phi) is 3.56. The van der Waals surface area contributed by atoms with Gasteiger partial charge in [0.25, 0.3) is 5.78 Å². The van der Waals surface area contributed by atoms with Gasteiger partial charge in [-0.3, -0.25) is 4.79 Å². The highest BCUT2D eigenvalue weighted by Gasteiger charge is 2.38. The number of benzene rings is 1. The number of carbonyl (C=O) groups is 2. The largest absolute Gasteiger partial charge is 0.489 e. The van der Waals surface area contributed by atoms with E-state index in [-0.39, 0.29) is 13.2 Å². The van der Waals surface area contributed by atoms with Crippen LogP contribution in [-0.2, 0) is 11.0 Å². The monoisotopic (exact) mass is 290 g/mol. The Hall–Kier alpha value is -2.25. The highest BCUT2D eigenvalue weighted by Crippen LogP contribution is 2.44. The number of hydrogen-bond acceptors (Lipinski definition) is 4. The van der Waals surface area contributed by atoms with E-state index in [0.717, 1.165) is 6.07 Å². The molecule has 2 rings (SSSR count). The van der Waals surface area contributed by atoms with Crippen LogP contribution < -0.4 is 9.47 Å². The molecule has 1 heterocycles. The van der Waals surface area contributed by atoms with Crippen LogP contribution in [0, 0.1) is 0 Å². The highest BCUT2D eigenvalue weighted by atomic mass is 19.4. The summed E-state index contributed by atoms with van der Waals surface area (Å²) in [7, 11) is 0. The van der Waals surface area contributed by atoms with Crippen LogP contribution >= 0.6 is 0 Å². The Morgan fingerprint density at radius 2 is 1.70 bits per heavy atom. The van der Waals surface area contributed by atoms with E-state index in [1.165, 1.54) is 0 Å². The maximum atomic E-state index is 12.9. The zero-order chi connectivity index (χ0) is 14.9. The number of halogens is 3. The number of ketones is 1. The average molecular weight is 290 g/mol. The number of fused-ring (bicyclic) bond motifs is 1. The number of carboxylic acid groups (broad SMARTS) is 1. The highest BCUT2D eigenvalue weighted by molar-refractivity contribution is 6.40. The number of Topliss-reactive ketones (excluding diaryl/α,β-unsaturated/α-hetero) is 1. The van der Waals surface area contributed by atoms with Crippen molar-refractivity contribution >= 4 is 11.8 Å². The smallest absolute Gasteiger partial charge is 0.420 e. The lowest BCUT2D eigenvalue weighted by Crippen LogP contribution is -2.16. The lowest BCUT2D eigenvalue weighted by molar-refractivity contribution is -0.139. The first-order valence-electron chi connectivity index (χ1n) is 5.60. The van der Waals surface area contributed by atoms with Crippen LogP contribution in [0.25, 0.3) is 0 Å². The van der Waals surface area contributed by atoms with Gasteiger partial charge in [0.2, 0.25) is 0 Å². The van der Waals surface area contributed by atoms with Gasteiger partial charge in [0.05, 0.1) is 18.8 Å². The number of alkyl halides is 3. The third-order valence-electron chi connectivity index (χ3n) is 2.64. The van der Waals surface area contributed by atoms with E-state index in [9.17, 15) is 22.8 Å². The number of rotatable bonds is 2. The van der Waals surface area contributed by atoms with Gasteiger partial charge in [-0.2, -0.15) is 13.2 Å². The number of carbonyl (C=O) groups excluding carboxylic acids is 1. The zero-order valence-corrected chi connectivity index (χ0v) is 9.99. The van der Waals surface area contributed by atoms with Crippen LogP contribution in [0.3, 0.4) is 0 Å². The van der Waals surface area contributed by atoms with E-state index >= 15 is 0 Å². The van der Waals surface area contributed by atoms with Crippen LogP contribution in [0.4, 0.5) is 13.2 Å². The minimum Gasteiger partial charge on any atom is -0.489 e. The van der Waals surface area contributed by atoms with Crippen molar-refractivity contribution in [1.29, 1.82) is 0 Å². The fourth-order valence-electron chi connectivity index (χ4n) is 1.77. The van der Waals surface area contributed by atoms with Gasteiger partial charge in [0.1, 0.15) is 5.56 Å². The molecular weight excluding hydrogens is 281 g/mol. The summed E-state index contributed by atoms with van der Waals surface area (Å²) < 4.78 is 48.7. The SMILES string of the molecule is O=C(O)C(=O)c1ccc(C(F)(F)F)c2c1OCCCO2. The summed E-state index contributed by atoms with van der Waals surface area (Å²) in [5, 5.41) is 8.67. The minimum atomic E-state index is -4.69. The molecule has 0 amide bonds. The molecule has 0 aromatic heterocycles. The van der Waals surface area contributed by atoms with Crippen LogP contribution in [-0.4, -0.2) is 30.1 Å². The van der Waals surface area contributed by atoms with Crippen molar-refractivity contribution in [2.24, 2.45) is 0 Å². The molecule has 1 aliphatic rings. The van der Waals surface area contributed by atoms with Crippen LogP contribution in [0.1, 0.15) is 22.3 Å². The Morgan fingerprint density at radius 3 is 2.25 bits per heavy atom. The second-order valence-corrected chi connectivity index (χ2v) is 4.00. The summed E-state index contributed by atoms with van der Waals surface area (Å²) in [6.45, 7) is 0.0228. The van der Waals surface area contributed by atoms with E-state index in [0.29, 0.717) is 12.5 Å². The van der Waals surface area contributed by atoms with Gasteiger partial charge in [-0.05, 0) is 12.1 Å². The Bertz CT molecular complexity index is 565. The van der Waals surface area contributed by atoms with E-state index in [1.54, 1.807) is 0 Å². The molecule has 8 heteroatoms. The maximum Gasteiger partial charge on any atom is 0.420 e. The van der Waals surface area contributed by atoms with Crippen LogP contribution in [0.2, 0.25) is 0 Å². The van der Waals surface area contributed by atoms with Crippen molar-refractivity contribution in [2.75, 3.05) is 13.2 Å². The molecule has 0 atom stereocenters. The molecule has 0 spiro atoms. The molecule has 1 N–H and O–H groups in total. The van der Waals surface area contributed by atoms with Gasteiger partial charge in [-0.25, -0.2) is 4.79 Å². The van der Waals surface area contributed by atoms with Crippen molar-refractivity contribution in [3.63, 3.8) is 0 Å². The molecule has 108 valence electrons. The second-order valence-electron chi connectivity index (χ2n) is 4.00. The predicted molar refractivity (Wildman–Crippen MR) is 59.0 cm³/mol. The summed E-state index contributed by atoms with van der Waals surface area (Å²) in [6, 6.07) is 1.40. The fraction of sp³-hybridized carbons (Fsp3) is 0.333. The number of hydrogen-bond donors (Lipinski definition) is 1. The number of ether oxygens (including phenoxy) is 2. The standard InChI is InChI=1S/C12H9F3O5/c13-12(14,15)7-3-2-6(8(16)11(17)18)9-10(7)20-5-1-4-19-9/h2-3H,1,4-5H2,(H,17,18). The van der Waals surface area contributed by atoms with Crippen molar-refractivity contribution in [3.8, 4) is 11.5 Å². The molecule has 0 bridgehead atoms. The lowest BCUT2D eigenvalue weighted by Gasteiger charge is -2.16. The molecule has 5 nitrogen and oxygen atoms in total. The van der Waals surface area contributed by atoms with E-state index in [1.807, 2.05) is 0 Å². The molecule has 0 saturated heterocycles. The Balaban J connectivity index is 2.64. The minimum absolute atomic E-state index is 0.0131. The zero-order valence-electron chi connectivity index (χ0n) is 9.99. The van der Waals surface area contributed by atoms with Gasteiger partial charge in [0.15, 0.2) is 11.5 Å². The van der Waals surface area contributed by atoms with E-state index < -0.39 is 40.6 Å². The third kappa shape index (κ3) is 2.54. The van der Waals surface area contributed by atoms with Crippen LogP contribution in [0.15, 0.2) is 12.1 Å². The Labute approximate surface area is 110 Å². The molecule has 1 aromatic rings.